The van der Waals surface area contributed by atoms with Crippen LogP contribution in [-0.2, 0) is 17.6 Å². The number of carboxylic acid groups (broad SMARTS) is 1. The van der Waals surface area contributed by atoms with Crippen molar-refractivity contribution in [2.45, 2.75) is 26.2 Å². The number of benzene rings is 1. The second-order valence-corrected chi connectivity index (χ2v) is 5.75. The van der Waals surface area contributed by atoms with Gasteiger partial charge in [0.05, 0.1) is 10.0 Å². The molecule has 5 nitrogen and oxygen atoms in total. The minimum absolute atomic E-state index is 0.0548. The van der Waals surface area contributed by atoms with Crippen molar-refractivity contribution in [3.63, 3.8) is 0 Å². The first-order valence-electron chi connectivity index (χ1n) is 6.41. The van der Waals surface area contributed by atoms with Crippen LogP contribution < -0.4 is 0 Å². The van der Waals surface area contributed by atoms with E-state index in [1.165, 1.54) is 0 Å². The molecule has 1 N–H and O–H groups in total. The van der Waals surface area contributed by atoms with Crippen LogP contribution in [0.1, 0.15) is 30.6 Å². The van der Waals surface area contributed by atoms with Crippen LogP contribution in [0.4, 0.5) is 0 Å². The molecule has 0 aliphatic rings. The number of aliphatic carboxylic acids is 1. The van der Waals surface area contributed by atoms with Gasteiger partial charge in [0, 0.05) is 19.3 Å². The first-order chi connectivity index (χ1) is 9.94. The summed E-state index contributed by atoms with van der Waals surface area (Å²) in [7, 11) is 0. The molecule has 1 atom stereocenters. The summed E-state index contributed by atoms with van der Waals surface area (Å²) in [5, 5.41) is 13.6. The first kappa shape index (κ1) is 15.8. The molecule has 0 saturated carbocycles. The van der Waals surface area contributed by atoms with E-state index in [0.717, 1.165) is 5.56 Å². The monoisotopic (exact) mass is 328 g/mol. The maximum Gasteiger partial charge on any atom is 0.303 e. The zero-order valence-electron chi connectivity index (χ0n) is 11.3. The summed E-state index contributed by atoms with van der Waals surface area (Å²) in [5.74, 6) is 0.0866. The third-order valence-electron chi connectivity index (χ3n) is 2.90. The molecule has 1 aromatic heterocycles. The summed E-state index contributed by atoms with van der Waals surface area (Å²) in [6.45, 7) is 1.83. The molecule has 0 aliphatic carbocycles. The van der Waals surface area contributed by atoms with E-state index < -0.39 is 5.97 Å². The van der Waals surface area contributed by atoms with Gasteiger partial charge >= 0.3 is 5.97 Å². The average Bonchev–Trinajstić information content (AvgIpc) is 2.80. The molecular formula is C14H14Cl2N2O3. The predicted octanol–water partition coefficient (Wildman–Crippen LogP) is 3.62. The zero-order valence-corrected chi connectivity index (χ0v) is 12.9. The fourth-order valence-electron chi connectivity index (χ4n) is 1.95. The Morgan fingerprint density at radius 2 is 2.14 bits per heavy atom. The highest BCUT2D eigenvalue weighted by atomic mass is 35.5. The van der Waals surface area contributed by atoms with Gasteiger partial charge in [-0.15, -0.1) is 0 Å². The molecule has 2 aromatic rings. The Bertz CT molecular complexity index is 643. The van der Waals surface area contributed by atoms with Gasteiger partial charge in [0.1, 0.15) is 0 Å². The minimum atomic E-state index is -0.835. The summed E-state index contributed by atoms with van der Waals surface area (Å²) in [6, 6.07) is 5.32. The molecule has 1 aromatic carbocycles. The molecule has 0 saturated heterocycles. The van der Waals surface area contributed by atoms with Crippen LogP contribution in [0.5, 0.6) is 0 Å². The van der Waals surface area contributed by atoms with Crippen molar-refractivity contribution >= 4 is 29.2 Å². The Kier molecular flexibility index (Phi) is 5.20. The van der Waals surface area contributed by atoms with Crippen LogP contribution in [-0.4, -0.2) is 21.2 Å². The number of nitrogens with zero attached hydrogens (tertiary/aromatic N) is 2. The molecule has 0 bridgehead atoms. The van der Waals surface area contributed by atoms with Crippen molar-refractivity contribution in [2.75, 3.05) is 0 Å². The minimum Gasteiger partial charge on any atom is -0.481 e. The highest BCUT2D eigenvalue weighted by Crippen LogP contribution is 2.23. The zero-order chi connectivity index (χ0) is 15.4. The van der Waals surface area contributed by atoms with E-state index in [4.69, 9.17) is 32.8 Å². The first-order valence-corrected chi connectivity index (χ1v) is 7.17. The largest absolute Gasteiger partial charge is 0.481 e. The summed E-state index contributed by atoms with van der Waals surface area (Å²) in [6.07, 6.45) is 0.999. The van der Waals surface area contributed by atoms with E-state index >= 15 is 0 Å². The number of carbonyl (C=O) groups is 1. The van der Waals surface area contributed by atoms with Crippen molar-refractivity contribution in [3.8, 4) is 0 Å². The van der Waals surface area contributed by atoms with Gasteiger partial charge in [0.25, 0.3) is 0 Å². The number of rotatable bonds is 6. The van der Waals surface area contributed by atoms with E-state index in [9.17, 15) is 4.79 Å². The fraction of sp³-hybridized carbons (Fsp3) is 0.357. The van der Waals surface area contributed by atoms with Gasteiger partial charge in [0.2, 0.25) is 5.89 Å². The van der Waals surface area contributed by atoms with Crippen LogP contribution in [0.15, 0.2) is 22.7 Å². The third-order valence-corrected chi connectivity index (χ3v) is 3.64. The van der Waals surface area contributed by atoms with Crippen LogP contribution in [0.25, 0.3) is 0 Å². The van der Waals surface area contributed by atoms with E-state index in [2.05, 4.69) is 10.1 Å². The number of halogens is 2. The quantitative estimate of drug-likeness (QED) is 0.876. The lowest BCUT2D eigenvalue weighted by atomic mass is 10.0. The van der Waals surface area contributed by atoms with Gasteiger partial charge in [-0.05, 0) is 23.6 Å². The second-order valence-electron chi connectivity index (χ2n) is 4.94. The lowest BCUT2D eigenvalue weighted by Gasteiger charge is -2.03. The molecule has 0 spiro atoms. The van der Waals surface area contributed by atoms with Crippen LogP contribution in [0.2, 0.25) is 10.0 Å². The Balaban J connectivity index is 1.99. The summed E-state index contributed by atoms with van der Waals surface area (Å²) in [5.41, 5.74) is 0.926. The van der Waals surface area contributed by atoms with Gasteiger partial charge in [-0.1, -0.05) is 41.3 Å². The highest BCUT2D eigenvalue weighted by molar-refractivity contribution is 6.42. The normalized spacial score (nSPS) is 12.3. The molecule has 112 valence electrons. The summed E-state index contributed by atoms with van der Waals surface area (Å²) in [4.78, 5) is 14.9. The number of hydrogen-bond donors (Lipinski definition) is 1. The topological polar surface area (TPSA) is 76.2 Å². The second kappa shape index (κ2) is 6.91. The number of hydrogen-bond acceptors (Lipinski definition) is 4. The predicted molar refractivity (Wildman–Crippen MR) is 78.7 cm³/mol. The molecule has 2 rings (SSSR count). The maximum atomic E-state index is 10.6. The average molecular weight is 329 g/mol. The summed E-state index contributed by atoms with van der Waals surface area (Å²) < 4.78 is 5.13. The van der Waals surface area contributed by atoms with E-state index in [0.29, 0.717) is 34.6 Å². The van der Waals surface area contributed by atoms with Gasteiger partial charge in [-0.2, -0.15) is 4.98 Å². The molecule has 0 radical (unpaired) electrons. The van der Waals surface area contributed by atoms with Crippen molar-refractivity contribution < 1.29 is 14.4 Å². The van der Waals surface area contributed by atoms with E-state index in [-0.39, 0.29) is 12.3 Å². The Morgan fingerprint density at radius 1 is 1.38 bits per heavy atom. The number of carboxylic acids is 1. The lowest BCUT2D eigenvalue weighted by molar-refractivity contribution is -0.137. The fourth-order valence-corrected chi connectivity index (χ4v) is 2.27. The molecule has 21 heavy (non-hydrogen) atoms. The molecule has 0 amide bonds. The van der Waals surface area contributed by atoms with Crippen LogP contribution in [0.3, 0.4) is 0 Å². The number of aromatic nitrogens is 2. The maximum absolute atomic E-state index is 10.6. The van der Waals surface area contributed by atoms with Gasteiger partial charge in [-0.25, -0.2) is 0 Å². The molecule has 1 heterocycles. The van der Waals surface area contributed by atoms with Gasteiger partial charge in [0.15, 0.2) is 5.82 Å². The highest BCUT2D eigenvalue weighted by Gasteiger charge is 2.14. The van der Waals surface area contributed by atoms with Crippen LogP contribution >= 0.6 is 23.2 Å². The Labute approximate surface area is 131 Å². The van der Waals surface area contributed by atoms with Crippen molar-refractivity contribution in [3.05, 3.63) is 45.5 Å². The van der Waals surface area contributed by atoms with Gasteiger partial charge < -0.3 is 9.63 Å². The molecule has 0 aliphatic heterocycles. The third kappa shape index (κ3) is 4.72. The van der Waals surface area contributed by atoms with E-state index in [1.807, 2.05) is 13.0 Å². The SMILES string of the molecule is CC(CC(=O)O)Cc1nc(Cc2ccc(Cl)c(Cl)c2)no1. The van der Waals surface area contributed by atoms with Crippen LogP contribution in [0, 0.1) is 5.92 Å². The van der Waals surface area contributed by atoms with Crippen molar-refractivity contribution in [1.29, 1.82) is 0 Å². The molecule has 0 fully saturated rings. The summed E-state index contributed by atoms with van der Waals surface area (Å²) >= 11 is 11.8. The Hall–Kier alpha value is -1.59. The standard InChI is InChI=1S/C14H14Cl2N2O3/c1-8(5-14(19)20)4-13-17-12(18-21-13)7-9-2-3-10(15)11(16)6-9/h2-3,6,8H,4-5,7H2,1H3,(H,19,20). The van der Waals surface area contributed by atoms with Gasteiger partial charge in [-0.3, -0.25) is 4.79 Å². The van der Waals surface area contributed by atoms with Crippen molar-refractivity contribution in [1.82, 2.24) is 10.1 Å². The van der Waals surface area contributed by atoms with E-state index in [1.54, 1.807) is 12.1 Å². The van der Waals surface area contributed by atoms with Crippen molar-refractivity contribution in [2.24, 2.45) is 5.92 Å². The smallest absolute Gasteiger partial charge is 0.303 e. The molecule has 1 unspecified atom stereocenters. The molecule has 7 heteroatoms. The molecular weight excluding hydrogens is 315 g/mol. The Morgan fingerprint density at radius 3 is 2.81 bits per heavy atom. The lowest BCUT2D eigenvalue weighted by Crippen LogP contribution is -2.07.